The number of amides is 1. The van der Waals surface area contributed by atoms with E-state index < -0.39 is 0 Å². The highest BCUT2D eigenvalue weighted by atomic mass is 32.1. The van der Waals surface area contributed by atoms with Gasteiger partial charge >= 0.3 is 0 Å². The normalized spacial score (nSPS) is 10.1. The van der Waals surface area contributed by atoms with Gasteiger partial charge in [0.05, 0.1) is 5.51 Å². The summed E-state index contributed by atoms with van der Waals surface area (Å²) in [6, 6.07) is 10.1. The summed E-state index contributed by atoms with van der Waals surface area (Å²) in [5, 5.41) is 1.78. The van der Waals surface area contributed by atoms with E-state index in [1.165, 1.54) is 16.9 Å². The third kappa shape index (κ3) is 3.76. The van der Waals surface area contributed by atoms with Gasteiger partial charge < -0.3 is 4.90 Å². The second-order valence-corrected chi connectivity index (χ2v) is 4.87. The molecule has 0 spiro atoms. The largest absolute Gasteiger partial charge is 0.333 e. The van der Waals surface area contributed by atoms with E-state index in [1.807, 2.05) is 18.2 Å². The van der Waals surface area contributed by atoms with Gasteiger partial charge in [0.1, 0.15) is 5.69 Å². The predicted octanol–water partition coefficient (Wildman–Crippen LogP) is 3.01. The zero-order valence-electron chi connectivity index (χ0n) is 10.7. The van der Waals surface area contributed by atoms with Crippen LogP contribution in [-0.2, 0) is 6.42 Å². The third-order valence-corrected chi connectivity index (χ3v) is 3.39. The lowest BCUT2D eigenvalue weighted by molar-refractivity contribution is 0.0770. The van der Waals surface area contributed by atoms with Gasteiger partial charge in [0.25, 0.3) is 5.91 Å². The van der Waals surface area contributed by atoms with Crippen molar-refractivity contribution < 1.29 is 4.79 Å². The molecule has 0 bridgehead atoms. The number of benzene rings is 1. The average Bonchev–Trinajstić information content (AvgIpc) is 2.98. The first kappa shape index (κ1) is 13.5. The van der Waals surface area contributed by atoms with Crippen LogP contribution in [0.25, 0.3) is 0 Å². The summed E-state index contributed by atoms with van der Waals surface area (Å²) in [4.78, 5) is 18.1. The van der Waals surface area contributed by atoms with Gasteiger partial charge in [-0.15, -0.1) is 17.9 Å². The van der Waals surface area contributed by atoms with Gasteiger partial charge in [0, 0.05) is 18.5 Å². The van der Waals surface area contributed by atoms with E-state index in [-0.39, 0.29) is 5.91 Å². The van der Waals surface area contributed by atoms with Crippen molar-refractivity contribution in [3.05, 3.63) is 65.1 Å². The number of carbonyl (C=O) groups excluding carboxylic acids is 1. The Morgan fingerprint density at radius 1 is 1.37 bits per heavy atom. The molecule has 2 rings (SSSR count). The molecule has 19 heavy (non-hydrogen) atoms. The molecule has 0 fully saturated rings. The van der Waals surface area contributed by atoms with Crippen molar-refractivity contribution in [3.8, 4) is 0 Å². The van der Waals surface area contributed by atoms with E-state index in [4.69, 9.17) is 0 Å². The molecule has 98 valence electrons. The third-order valence-electron chi connectivity index (χ3n) is 2.80. The second-order valence-electron chi connectivity index (χ2n) is 4.15. The highest BCUT2D eigenvalue weighted by Crippen LogP contribution is 2.08. The standard InChI is InChI=1S/C15H16N2OS/c1-2-9-17(15(18)14-11-19-12-16-14)10-8-13-6-4-3-5-7-13/h2-7,11-12H,1,8-10H2. The average molecular weight is 272 g/mol. The van der Waals surface area contributed by atoms with Crippen LogP contribution >= 0.6 is 11.3 Å². The molecule has 0 saturated heterocycles. The van der Waals surface area contributed by atoms with Crippen molar-refractivity contribution in [1.29, 1.82) is 0 Å². The maximum Gasteiger partial charge on any atom is 0.273 e. The van der Waals surface area contributed by atoms with Gasteiger partial charge in [-0.25, -0.2) is 4.98 Å². The van der Waals surface area contributed by atoms with E-state index in [9.17, 15) is 4.79 Å². The van der Waals surface area contributed by atoms with Crippen LogP contribution in [0.5, 0.6) is 0 Å². The van der Waals surface area contributed by atoms with E-state index >= 15 is 0 Å². The molecule has 1 aromatic carbocycles. The van der Waals surface area contributed by atoms with Crippen molar-refractivity contribution in [2.24, 2.45) is 0 Å². The second kappa shape index (κ2) is 6.85. The Kier molecular flexibility index (Phi) is 4.86. The molecule has 0 N–H and O–H groups in total. The van der Waals surface area contributed by atoms with E-state index in [0.29, 0.717) is 18.8 Å². The first-order chi connectivity index (χ1) is 9.31. The van der Waals surface area contributed by atoms with Gasteiger partial charge in [-0.1, -0.05) is 36.4 Å². The Morgan fingerprint density at radius 3 is 2.79 bits per heavy atom. The summed E-state index contributed by atoms with van der Waals surface area (Å²) in [7, 11) is 0. The van der Waals surface area contributed by atoms with Crippen molar-refractivity contribution >= 4 is 17.2 Å². The molecule has 2 aromatic rings. The Balaban J connectivity index is 2.00. The minimum Gasteiger partial charge on any atom is -0.333 e. The molecule has 1 amide bonds. The van der Waals surface area contributed by atoms with Crippen LogP contribution < -0.4 is 0 Å². The lowest BCUT2D eigenvalue weighted by Crippen LogP contribution is -2.33. The molecule has 3 nitrogen and oxygen atoms in total. The highest BCUT2D eigenvalue weighted by molar-refractivity contribution is 7.07. The van der Waals surface area contributed by atoms with Gasteiger partial charge in [0.2, 0.25) is 0 Å². The van der Waals surface area contributed by atoms with Crippen LogP contribution in [-0.4, -0.2) is 28.9 Å². The summed E-state index contributed by atoms with van der Waals surface area (Å²) in [6.45, 7) is 4.93. The van der Waals surface area contributed by atoms with Crippen molar-refractivity contribution in [1.82, 2.24) is 9.88 Å². The summed E-state index contributed by atoms with van der Waals surface area (Å²) in [5.41, 5.74) is 3.42. The maximum atomic E-state index is 12.2. The lowest BCUT2D eigenvalue weighted by Gasteiger charge is -2.20. The molecule has 4 heteroatoms. The summed E-state index contributed by atoms with van der Waals surface area (Å²) in [5.74, 6) is -0.0305. The fourth-order valence-corrected chi connectivity index (χ4v) is 2.35. The van der Waals surface area contributed by atoms with Gasteiger partial charge in [-0.3, -0.25) is 4.79 Å². The highest BCUT2D eigenvalue weighted by Gasteiger charge is 2.15. The minimum atomic E-state index is -0.0305. The van der Waals surface area contributed by atoms with Crippen molar-refractivity contribution in [2.75, 3.05) is 13.1 Å². The molecular formula is C15H16N2OS. The number of hydrogen-bond donors (Lipinski definition) is 0. The Morgan fingerprint density at radius 2 is 2.16 bits per heavy atom. The minimum absolute atomic E-state index is 0.0305. The van der Waals surface area contributed by atoms with Crippen LogP contribution in [0.4, 0.5) is 0 Å². The number of aromatic nitrogens is 1. The molecule has 1 heterocycles. The SMILES string of the molecule is C=CCN(CCc1ccccc1)C(=O)c1cscn1. The Bertz CT molecular complexity index is 522. The van der Waals surface area contributed by atoms with Crippen LogP contribution in [0.1, 0.15) is 16.1 Å². The lowest BCUT2D eigenvalue weighted by atomic mass is 10.1. The zero-order valence-corrected chi connectivity index (χ0v) is 11.5. The Labute approximate surface area is 117 Å². The number of carbonyl (C=O) groups is 1. The van der Waals surface area contributed by atoms with Crippen LogP contribution in [0.3, 0.4) is 0 Å². The predicted molar refractivity (Wildman–Crippen MR) is 78.4 cm³/mol. The number of thiazole rings is 1. The molecule has 0 aliphatic carbocycles. The van der Waals surface area contributed by atoms with E-state index in [1.54, 1.807) is 21.9 Å². The number of nitrogens with zero attached hydrogens (tertiary/aromatic N) is 2. The molecule has 0 atom stereocenters. The van der Waals surface area contributed by atoms with Gasteiger partial charge in [0.15, 0.2) is 0 Å². The smallest absolute Gasteiger partial charge is 0.273 e. The summed E-state index contributed by atoms with van der Waals surface area (Å²) >= 11 is 1.43. The monoisotopic (exact) mass is 272 g/mol. The molecule has 0 radical (unpaired) electrons. The van der Waals surface area contributed by atoms with E-state index in [2.05, 4.69) is 23.7 Å². The van der Waals surface area contributed by atoms with Crippen LogP contribution in [0, 0.1) is 0 Å². The fourth-order valence-electron chi connectivity index (χ4n) is 1.82. The van der Waals surface area contributed by atoms with Crippen LogP contribution in [0.2, 0.25) is 0 Å². The van der Waals surface area contributed by atoms with E-state index in [0.717, 1.165) is 6.42 Å². The van der Waals surface area contributed by atoms with Gasteiger partial charge in [-0.05, 0) is 12.0 Å². The molecule has 1 aromatic heterocycles. The zero-order chi connectivity index (χ0) is 13.5. The number of rotatable bonds is 6. The van der Waals surface area contributed by atoms with Gasteiger partial charge in [-0.2, -0.15) is 0 Å². The number of hydrogen-bond acceptors (Lipinski definition) is 3. The molecular weight excluding hydrogens is 256 g/mol. The van der Waals surface area contributed by atoms with Crippen LogP contribution in [0.15, 0.2) is 53.9 Å². The topological polar surface area (TPSA) is 33.2 Å². The Hall–Kier alpha value is -1.94. The van der Waals surface area contributed by atoms with Crippen molar-refractivity contribution in [2.45, 2.75) is 6.42 Å². The first-order valence-electron chi connectivity index (χ1n) is 6.13. The summed E-state index contributed by atoms with van der Waals surface area (Å²) < 4.78 is 0. The molecule has 0 unspecified atom stereocenters. The quantitative estimate of drug-likeness (QED) is 0.757. The molecule has 0 aliphatic heterocycles. The molecule has 0 aliphatic rings. The fraction of sp³-hybridized carbons (Fsp3) is 0.200. The summed E-state index contributed by atoms with van der Waals surface area (Å²) in [6.07, 6.45) is 2.58. The van der Waals surface area contributed by atoms with Crippen molar-refractivity contribution in [3.63, 3.8) is 0 Å². The maximum absolute atomic E-state index is 12.2. The molecule has 0 saturated carbocycles. The first-order valence-corrected chi connectivity index (χ1v) is 7.08.